The number of nitrogens with one attached hydrogen (secondary N) is 1. The predicted octanol–water partition coefficient (Wildman–Crippen LogP) is 6.23. The predicted molar refractivity (Wildman–Crippen MR) is 121 cm³/mol. The third kappa shape index (κ3) is 9.41. The van der Waals surface area contributed by atoms with Crippen LogP contribution in [-0.2, 0) is 19.6 Å². The molecule has 0 spiro atoms. The van der Waals surface area contributed by atoms with Gasteiger partial charge in [0.05, 0.1) is 5.69 Å². The summed E-state index contributed by atoms with van der Waals surface area (Å²) < 4.78 is 47.5. The van der Waals surface area contributed by atoms with Crippen molar-refractivity contribution in [3.63, 3.8) is 0 Å². The van der Waals surface area contributed by atoms with Crippen LogP contribution in [0.15, 0.2) is 72.9 Å². The molecule has 0 aliphatic rings. The van der Waals surface area contributed by atoms with Gasteiger partial charge in [0.25, 0.3) is 0 Å². The van der Waals surface area contributed by atoms with Crippen LogP contribution in [0.5, 0.6) is 5.75 Å². The van der Waals surface area contributed by atoms with Gasteiger partial charge in [0.1, 0.15) is 6.61 Å². The van der Waals surface area contributed by atoms with E-state index in [2.05, 4.69) is 78.5 Å². The molecule has 0 aliphatic carbocycles. The first-order valence-electron chi connectivity index (χ1n) is 10.6. The van der Waals surface area contributed by atoms with Crippen molar-refractivity contribution < 1.29 is 26.6 Å². The molecule has 3 rings (SSSR count). The molecule has 172 valence electrons. The number of aromatic nitrogens is 1. The van der Waals surface area contributed by atoms with E-state index in [0.717, 1.165) is 43.1 Å². The van der Waals surface area contributed by atoms with Gasteiger partial charge in [-0.2, -0.15) is 4.57 Å². The topological polar surface area (TPSA) is 25.1 Å². The van der Waals surface area contributed by atoms with Crippen LogP contribution in [0, 0.1) is 6.92 Å². The molecular weight excluding hydrogens is 419 g/mol. The number of halogens is 4. The van der Waals surface area contributed by atoms with Crippen molar-refractivity contribution in [2.24, 2.45) is 0 Å². The van der Waals surface area contributed by atoms with Gasteiger partial charge in [0.15, 0.2) is 12.7 Å². The smallest absolute Gasteiger partial charge is 0.481 e. The van der Waals surface area contributed by atoms with Gasteiger partial charge in [0.2, 0.25) is 11.4 Å². The minimum atomic E-state index is -6.00. The van der Waals surface area contributed by atoms with Gasteiger partial charge in [-0.1, -0.05) is 67.6 Å². The highest BCUT2D eigenvalue weighted by Crippen LogP contribution is 2.27. The second kappa shape index (κ2) is 12.7. The van der Waals surface area contributed by atoms with Gasteiger partial charge >= 0.3 is 7.25 Å². The first-order valence-corrected chi connectivity index (χ1v) is 10.6. The zero-order valence-corrected chi connectivity index (χ0v) is 18.4. The molecule has 3 aromatic rings. The average molecular weight is 448 g/mol. The molecule has 0 atom stereocenters. The number of benzene rings is 2. The largest absolute Gasteiger partial charge is 0.673 e. The van der Waals surface area contributed by atoms with Crippen LogP contribution in [0.4, 0.5) is 23.0 Å². The minimum Gasteiger partial charge on any atom is -0.481 e. The summed E-state index contributed by atoms with van der Waals surface area (Å²) in [5, 5.41) is 3.50. The Bertz CT molecular complexity index is 932. The van der Waals surface area contributed by atoms with Crippen molar-refractivity contribution in [3.05, 3.63) is 89.7 Å². The van der Waals surface area contributed by atoms with Crippen LogP contribution in [0.3, 0.4) is 0 Å². The summed E-state index contributed by atoms with van der Waals surface area (Å²) in [5.41, 5.74) is 4.76. The molecule has 1 heterocycles. The molecule has 0 fully saturated rings. The Labute approximate surface area is 187 Å². The number of anilines is 1. The van der Waals surface area contributed by atoms with Crippen LogP contribution in [0.2, 0.25) is 0 Å². The van der Waals surface area contributed by atoms with E-state index in [9.17, 15) is 17.3 Å². The van der Waals surface area contributed by atoms with E-state index in [-0.39, 0.29) is 0 Å². The molecule has 0 saturated carbocycles. The van der Waals surface area contributed by atoms with Crippen molar-refractivity contribution in [3.8, 4) is 5.75 Å². The fraction of sp³-hybridized carbons (Fsp3) is 0.292. The molecule has 0 unspecified atom stereocenters. The zero-order valence-electron chi connectivity index (χ0n) is 18.4. The van der Waals surface area contributed by atoms with E-state index in [1.54, 1.807) is 0 Å². The highest BCUT2D eigenvalue weighted by Gasteiger charge is 2.20. The Kier molecular flexibility index (Phi) is 10.0. The molecular formula is C24H29BF4N2O. The van der Waals surface area contributed by atoms with E-state index in [1.807, 2.05) is 18.2 Å². The molecule has 0 amide bonds. The Morgan fingerprint density at radius 3 is 2.00 bits per heavy atom. The first-order chi connectivity index (χ1) is 15.3. The maximum atomic E-state index is 9.75. The van der Waals surface area contributed by atoms with Gasteiger partial charge in [-0.05, 0) is 17.5 Å². The molecule has 3 nitrogen and oxygen atoms in total. The van der Waals surface area contributed by atoms with Gasteiger partial charge in [-0.3, -0.25) is 0 Å². The maximum absolute atomic E-state index is 9.75. The lowest BCUT2D eigenvalue weighted by molar-refractivity contribution is -0.702. The zero-order chi connectivity index (χ0) is 23.4. The number of pyridine rings is 1. The first kappa shape index (κ1) is 25.2. The Morgan fingerprint density at radius 1 is 0.875 bits per heavy atom. The molecule has 1 N–H and O–H groups in total. The number of rotatable bonds is 9. The van der Waals surface area contributed by atoms with Crippen LogP contribution >= 0.6 is 0 Å². The number of hydrogen-bond donors (Lipinski definition) is 1. The van der Waals surface area contributed by atoms with E-state index >= 15 is 0 Å². The quantitative estimate of drug-likeness (QED) is 0.239. The minimum absolute atomic E-state index is 0.575. The number of nitrogens with zero attached hydrogens (tertiary/aromatic N) is 1. The Balaban J connectivity index is 0.000000654. The highest BCUT2D eigenvalue weighted by molar-refractivity contribution is 6.50. The Morgan fingerprint density at radius 2 is 1.44 bits per heavy atom. The standard InChI is InChI=1S/C24H28N2O.BF4/c1-3-16-25-23-15-18-26(17-14-21-10-6-4-7-11-21)20(2)24(23)27-19-22-12-8-5-9-13-22;2-1(3,4)5/h4-13,15,18H,3,14,16-17,19H2,1-2H3;/q;-1/p+1. The number of aryl methyl sites for hydroxylation is 2. The van der Waals surface area contributed by atoms with Gasteiger partial charge in [0, 0.05) is 26.0 Å². The SMILES string of the molecule is CCCNc1cc[n+](CCc2ccccc2)c(C)c1OCc1ccccc1.F[B-](F)(F)F. The van der Waals surface area contributed by atoms with Crippen LogP contribution in [0.25, 0.3) is 0 Å². The summed E-state index contributed by atoms with van der Waals surface area (Å²) in [6.45, 7) is 6.77. The van der Waals surface area contributed by atoms with Crippen LogP contribution in [0.1, 0.15) is 30.2 Å². The summed E-state index contributed by atoms with van der Waals surface area (Å²) >= 11 is 0. The average Bonchev–Trinajstić information content (AvgIpc) is 2.76. The highest BCUT2D eigenvalue weighted by atomic mass is 19.5. The Hall–Kier alpha value is -3.03. The van der Waals surface area contributed by atoms with Crippen molar-refractivity contribution in [2.75, 3.05) is 11.9 Å². The third-order valence-electron chi connectivity index (χ3n) is 4.70. The molecule has 2 aromatic carbocycles. The van der Waals surface area contributed by atoms with Gasteiger partial charge in [-0.15, -0.1) is 0 Å². The van der Waals surface area contributed by atoms with E-state index in [4.69, 9.17) is 4.74 Å². The number of hydrogen-bond acceptors (Lipinski definition) is 2. The van der Waals surface area contributed by atoms with Gasteiger partial charge in [-0.25, -0.2) is 0 Å². The lowest BCUT2D eigenvalue weighted by Gasteiger charge is -2.14. The monoisotopic (exact) mass is 448 g/mol. The van der Waals surface area contributed by atoms with Crippen molar-refractivity contribution >= 4 is 12.9 Å². The second-order valence-corrected chi connectivity index (χ2v) is 7.27. The van der Waals surface area contributed by atoms with E-state index in [0.29, 0.717) is 6.61 Å². The molecule has 0 bridgehead atoms. The van der Waals surface area contributed by atoms with Crippen LogP contribution in [-0.4, -0.2) is 13.8 Å². The third-order valence-corrected chi connectivity index (χ3v) is 4.70. The van der Waals surface area contributed by atoms with E-state index < -0.39 is 7.25 Å². The van der Waals surface area contributed by atoms with E-state index in [1.165, 1.54) is 11.1 Å². The summed E-state index contributed by atoms with van der Waals surface area (Å²) in [6, 6.07) is 23.1. The molecule has 8 heteroatoms. The van der Waals surface area contributed by atoms with Crippen LogP contribution < -0.4 is 14.6 Å². The number of ether oxygens (including phenoxy) is 1. The summed E-state index contributed by atoms with van der Waals surface area (Å²) in [7, 11) is -6.00. The maximum Gasteiger partial charge on any atom is 0.673 e. The second-order valence-electron chi connectivity index (χ2n) is 7.27. The summed E-state index contributed by atoms with van der Waals surface area (Å²) in [4.78, 5) is 0. The molecule has 0 saturated heterocycles. The van der Waals surface area contributed by atoms with Gasteiger partial charge < -0.3 is 27.3 Å². The molecule has 0 aliphatic heterocycles. The lowest BCUT2D eigenvalue weighted by atomic mass is 10.1. The summed E-state index contributed by atoms with van der Waals surface area (Å²) in [5.74, 6) is 0.947. The van der Waals surface area contributed by atoms with Crippen molar-refractivity contribution in [1.29, 1.82) is 0 Å². The molecule has 1 aromatic heterocycles. The lowest BCUT2D eigenvalue weighted by Crippen LogP contribution is -2.38. The molecule has 32 heavy (non-hydrogen) atoms. The fourth-order valence-electron chi connectivity index (χ4n) is 3.12. The van der Waals surface area contributed by atoms with Crippen molar-refractivity contribution in [1.82, 2.24) is 0 Å². The fourth-order valence-corrected chi connectivity index (χ4v) is 3.12. The molecule has 0 radical (unpaired) electrons. The van der Waals surface area contributed by atoms with Crippen molar-refractivity contribution in [2.45, 2.75) is 39.8 Å². The normalized spacial score (nSPS) is 10.8. The summed E-state index contributed by atoms with van der Waals surface area (Å²) in [6.07, 6.45) is 4.25.